The third-order valence-corrected chi connectivity index (χ3v) is 24.2. The van der Waals surface area contributed by atoms with Gasteiger partial charge in [-0.05, 0) is 283 Å². The maximum atomic E-state index is 12.4. The lowest BCUT2D eigenvalue weighted by atomic mass is 9.87. The van der Waals surface area contributed by atoms with E-state index in [2.05, 4.69) is 178 Å². The van der Waals surface area contributed by atoms with E-state index < -0.39 is 5.97 Å². The van der Waals surface area contributed by atoms with Crippen LogP contribution >= 0.6 is 79.6 Å². The minimum atomic E-state index is -0.745. The van der Waals surface area contributed by atoms with Gasteiger partial charge in [-0.1, -0.05) is 161 Å². The zero-order valence-corrected chi connectivity index (χ0v) is 74.2. The first kappa shape index (κ1) is 94.6. The first-order chi connectivity index (χ1) is 54.6. The number of nitrogens with two attached hydrogens (primary N) is 1. The summed E-state index contributed by atoms with van der Waals surface area (Å²) in [5.74, 6) is -0.386. The zero-order valence-electron chi connectivity index (χ0n) is 66.3. The SMILES string of the molecule is COC(=O)CCCCCCC(=O)NC1CCCc2cc(Br)ccc21.NC1CCCc2cc(Br)ccc21.O=C(CCCCCCC(=O)NC1CCCc2cc(Br)ccc21)COC1CCCCO1.O=C(CO)CCCCCCC(=O)NC1CCCc2cc(Br)ccc21.O=C(O)CCCCCCC(=O)NC1CCCc2cc(Br)ccc21. The summed E-state index contributed by atoms with van der Waals surface area (Å²) in [5, 5.41) is 29.9. The number of carboxylic acid groups (broad SMARTS) is 1. The quantitative estimate of drug-likeness (QED) is 0.0145. The van der Waals surface area contributed by atoms with Gasteiger partial charge in [0.15, 0.2) is 17.9 Å². The number of hydrogen-bond acceptors (Lipinski definition) is 13. The molecule has 620 valence electrons. The number of ketones is 2. The normalized spacial score (nSPS) is 18.3. The van der Waals surface area contributed by atoms with Crippen LogP contribution in [0.1, 0.15) is 323 Å². The highest BCUT2D eigenvalue weighted by Crippen LogP contribution is 2.37. The van der Waals surface area contributed by atoms with E-state index >= 15 is 0 Å². The number of Topliss-reactive ketones (excluding diaryl/α,β-unsaturated/α-hetero) is 2. The molecule has 5 aliphatic carbocycles. The second-order valence-corrected chi connectivity index (χ2v) is 35.3. The summed E-state index contributed by atoms with van der Waals surface area (Å²) < 4.78 is 21.1. The molecule has 1 saturated heterocycles. The van der Waals surface area contributed by atoms with Crippen molar-refractivity contribution in [3.05, 3.63) is 169 Å². The fourth-order valence-electron chi connectivity index (χ4n) is 15.6. The van der Waals surface area contributed by atoms with Gasteiger partial charge in [-0.3, -0.25) is 38.4 Å². The number of esters is 1. The zero-order chi connectivity index (χ0) is 81.1. The minimum absolute atomic E-state index is 0.101. The maximum Gasteiger partial charge on any atom is 0.305 e. The second-order valence-electron chi connectivity index (χ2n) is 30.7. The van der Waals surface area contributed by atoms with Crippen LogP contribution in [0.5, 0.6) is 0 Å². The third-order valence-electron chi connectivity index (χ3n) is 21.8. The Kier molecular flexibility index (Phi) is 45.0. The number of amides is 4. The van der Waals surface area contributed by atoms with Gasteiger partial charge in [0.05, 0.1) is 31.3 Å². The lowest BCUT2D eigenvalue weighted by Gasteiger charge is -2.26. The van der Waals surface area contributed by atoms with Crippen LogP contribution in [-0.2, 0) is 84.7 Å². The number of rotatable bonds is 36. The number of halogens is 5. The smallest absolute Gasteiger partial charge is 0.305 e. The van der Waals surface area contributed by atoms with Gasteiger partial charge in [-0.15, -0.1) is 0 Å². The fourth-order valence-corrected chi connectivity index (χ4v) is 17.7. The number of aliphatic hydroxyl groups is 1. The monoisotopic (exact) mass is 1880 g/mol. The molecule has 0 saturated carbocycles. The van der Waals surface area contributed by atoms with Crippen LogP contribution in [0, 0.1) is 0 Å². The summed E-state index contributed by atoms with van der Waals surface area (Å²) >= 11 is 17.5. The number of ether oxygens (including phenoxy) is 3. The number of aliphatic hydroxyl groups excluding tert-OH is 1. The van der Waals surface area contributed by atoms with Crippen LogP contribution in [0.25, 0.3) is 0 Å². The Balaban J connectivity index is 0.000000200. The van der Waals surface area contributed by atoms with Gasteiger partial charge >= 0.3 is 11.9 Å². The molecule has 18 nitrogen and oxygen atoms in total. The van der Waals surface area contributed by atoms with E-state index in [9.17, 15) is 38.4 Å². The Hall–Kier alpha value is -5.50. The highest BCUT2D eigenvalue weighted by molar-refractivity contribution is 9.11. The second kappa shape index (κ2) is 53.8. The Morgan fingerprint density at radius 2 is 0.699 bits per heavy atom. The van der Waals surface area contributed by atoms with Crippen molar-refractivity contribution in [2.45, 2.75) is 306 Å². The average Bonchev–Trinajstić information content (AvgIpc) is 0.837. The fraction of sp³-hybridized carbons (Fsp3) is 0.578. The molecule has 6 atom stereocenters. The molecule has 0 spiro atoms. The Labute approximate surface area is 713 Å². The molecule has 0 radical (unpaired) electrons. The van der Waals surface area contributed by atoms with Crippen LogP contribution < -0.4 is 27.0 Å². The number of methoxy groups -OCH3 is 1. The van der Waals surface area contributed by atoms with Crippen molar-refractivity contribution >= 4 is 127 Å². The van der Waals surface area contributed by atoms with Gasteiger partial charge in [0, 0.05) is 86.4 Å². The number of carbonyl (C=O) groups excluding carboxylic acids is 7. The molecule has 5 aromatic carbocycles. The average molecular weight is 1880 g/mol. The third kappa shape index (κ3) is 36.5. The molecule has 113 heavy (non-hydrogen) atoms. The van der Waals surface area contributed by atoms with E-state index in [4.69, 9.17) is 25.4 Å². The maximum absolute atomic E-state index is 12.4. The van der Waals surface area contributed by atoms with Crippen LogP contribution in [0.2, 0.25) is 0 Å². The summed E-state index contributed by atoms with van der Waals surface area (Å²) in [6.07, 6.45) is 37.2. The summed E-state index contributed by atoms with van der Waals surface area (Å²) in [5.41, 5.74) is 19.1. The topological polar surface area (TPSA) is 279 Å². The van der Waals surface area contributed by atoms with Gasteiger partial charge in [0.2, 0.25) is 23.6 Å². The highest BCUT2D eigenvalue weighted by atomic mass is 79.9. The molecule has 1 heterocycles. The van der Waals surface area contributed by atoms with Gasteiger partial charge < -0.3 is 51.4 Å². The number of unbranched alkanes of at least 4 members (excludes halogenated alkanes) is 12. The molecule has 8 N–H and O–H groups in total. The van der Waals surface area contributed by atoms with Gasteiger partial charge in [-0.25, -0.2) is 0 Å². The predicted molar refractivity (Wildman–Crippen MR) is 463 cm³/mol. The van der Waals surface area contributed by atoms with E-state index in [1.165, 1.54) is 75.6 Å². The number of aliphatic carboxylic acids is 1. The van der Waals surface area contributed by atoms with Gasteiger partial charge in [-0.2, -0.15) is 0 Å². The number of benzene rings is 5. The van der Waals surface area contributed by atoms with Crippen molar-refractivity contribution in [2.75, 3.05) is 26.9 Å². The van der Waals surface area contributed by atoms with Crippen LogP contribution in [-0.4, -0.2) is 90.6 Å². The first-order valence-corrected chi connectivity index (χ1v) is 45.6. The number of aryl methyl sites for hydroxylation is 5. The summed E-state index contributed by atoms with van der Waals surface area (Å²) in [7, 11) is 1.41. The number of hydrogen-bond donors (Lipinski definition) is 7. The molecule has 6 aliphatic rings. The number of carbonyl (C=O) groups is 8. The van der Waals surface area contributed by atoms with Crippen LogP contribution in [0.3, 0.4) is 0 Å². The molecule has 1 fully saturated rings. The van der Waals surface area contributed by atoms with Crippen molar-refractivity contribution < 1.29 is 62.8 Å². The van der Waals surface area contributed by atoms with Crippen molar-refractivity contribution in [3.63, 3.8) is 0 Å². The highest BCUT2D eigenvalue weighted by Gasteiger charge is 2.27. The molecule has 4 amide bonds. The largest absolute Gasteiger partial charge is 0.481 e. The van der Waals surface area contributed by atoms with Crippen LogP contribution in [0.15, 0.2) is 113 Å². The molecule has 1 aliphatic heterocycles. The Bertz CT molecular complexity index is 3710. The van der Waals surface area contributed by atoms with E-state index in [-0.39, 0.29) is 97.3 Å². The number of nitrogens with one attached hydrogen (secondary N) is 4. The standard InChI is InChI=1S/C24H34BrNO4.2C19H26BrNO3.C18H24BrNO3.C10H12BrN/c25-19-13-14-21-18(16-19)8-7-10-22(21)26-23(28)11-4-2-1-3-9-20(27)17-30-24-12-5-6-15-29-24;1-24-19(23)10-5-3-2-4-9-18(22)21-17-8-6-7-14-13-15(20)11-12-16(14)17;20-15-10-11-17-14(12-15)6-5-8-18(17)21-19(24)9-4-2-1-3-7-16(23)13-22;19-14-10-11-15-13(12-14)6-5-7-16(15)20-17(21)8-3-1-2-4-9-18(22)23;11-8-4-5-9-7(6-8)2-1-3-10(9)12/h13-14,16,22,24H,1-12,15,17H2,(H,26,28);11-13,17H,2-10H2,1H3,(H,21,22);10-12,18,22H,1-9,13H2,(H,21,24);10-12,16H,1-9H2,(H,20,21)(H,22,23);4-6,10H,1-3,12H2. The molecular weight excluding hydrogens is 1760 g/mol. The van der Waals surface area contributed by atoms with E-state index in [1.54, 1.807) is 0 Å². The molecule has 0 aromatic heterocycles. The van der Waals surface area contributed by atoms with Crippen molar-refractivity contribution in [1.29, 1.82) is 0 Å². The molecule has 11 rings (SSSR count). The van der Waals surface area contributed by atoms with Crippen molar-refractivity contribution in [1.82, 2.24) is 21.3 Å². The summed E-state index contributed by atoms with van der Waals surface area (Å²) in [6.45, 7) is 0.534. The lowest BCUT2D eigenvalue weighted by molar-refractivity contribution is -0.169. The number of carboxylic acids is 1. The lowest BCUT2D eigenvalue weighted by Crippen LogP contribution is -2.30. The van der Waals surface area contributed by atoms with Gasteiger partial charge in [0.1, 0.15) is 13.2 Å². The molecule has 0 bridgehead atoms. The summed E-state index contributed by atoms with van der Waals surface area (Å²) in [4.78, 5) is 93.1. The van der Waals surface area contributed by atoms with Crippen LogP contribution in [0.4, 0.5) is 0 Å². The Morgan fingerprint density at radius 3 is 1.03 bits per heavy atom. The molecule has 6 unspecified atom stereocenters. The predicted octanol–water partition coefficient (Wildman–Crippen LogP) is 20.8. The van der Waals surface area contributed by atoms with Crippen molar-refractivity contribution in [2.24, 2.45) is 5.73 Å². The first-order valence-electron chi connectivity index (χ1n) is 41.7. The van der Waals surface area contributed by atoms with Gasteiger partial charge in [0.25, 0.3) is 0 Å². The van der Waals surface area contributed by atoms with E-state index in [0.29, 0.717) is 51.4 Å². The van der Waals surface area contributed by atoms with E-state index in [1.807, 2.05) is 18.2 Å². The van der Waals surface area contributed by atoms with E-state index in [0.717, 1.165) is 228 Å². The molecular formula is C90H122Br5N5O13. The minimum Gasteiger partial charge on any atom is -0.481 e. The summed E-state index contributed by atoms with van der Waals surface area (Å²) in [6, 6.07) is 32.5. The van der Waals surface area contributed by atoms with Crippen molar-refractivity contribution in [3.8, 4) is 0 Å². The number of fused-ring (bicyclic) bond motifs is 5. The molecule has 5 aromatic rings. The Morgan fingerprint density at radius 1 is 0.389 bits per heavy atom. The molecule has 23 heteroatoms.